The average molecular weight is 216 g/mol. The molecule has 1 aromatic heterocycles. The van der Waals surface area contributed by atoms with Crippen molar-refractivity contribution >= 4 is 11.9 Å². The van der Waals surface area contributed by atoms with Crippen molar-refractivity contribution in [3.63, 3.8) is 0 Å². The van der Waals surface area contributed by atoms with Crippen molar-refractivity contribution in [1.29, 1.82) is 0 Å². The van der Waals surface area contributed by atoms with Crippen molar-refractivity contribution in [3.8, 4) is 0 Å². The number of halogens is 1. The number of amides is 1. The summed E-state index contributed by atoms with van der Waals surface area (Å²) in [6.07, 6.45) is -0.769. The molecule has 1 aromatic rings. The molecule has 6 heteroatoms. The Hall–Kier alpha value is -1.59. The van der Waals surface area contributed by atoms with Gasteiger partial charge in [-0.05, 0) is 27.7 Å². The van der Waals surface area contributed by atoms with E-state index in [1.807, 2.05) is 0 Å². The maximum absolute atomic E-state index is 13.1. The number of anilines is 1. The molecular weight excluding hydrogens is 203 g/mol. The van der Waals surface area contributed by atoms with Crippen LogP contribution in [0.15, 0.2) is 4.52 Å². The van der Waals surface area contributed by atoms with Crippen LogP contribution in [0.2, 0.25) is 0 Å². The lowest BCUT2D eigenvalue weighted by Gasteiger charge is -2.18. The fourth-order valence-electron chi connectivity index (χ4n) is 0.839. The highest BCUT2D eigenvalue weighted by Gasteiger charge is 2.20. The monoisotopic (exact) mass is 216 g/mol. The maximum Gasteiger partial charge on any atom is 0.413 e. The number of aryl methyl sites for hydroxylation is 1. The second kappa shape index (κ2) is 3.88. The molecule has 0 bridgehead atoms. The van der Waals surface area contributed by atoms with Gasteiger partial charge in [-0.3, -0.25) is 5.32 Å². The Labute approximate surface area is 86.6 Å². The molecule has 0 atom stereocenters. The Morgan fingerprint density at radius 3 is 2.53 bits per heavy atom. The lowest BCUT2D eigenvalue weighted by molar-refractivity contribution is 0.0634. The van der Waals surface area contributed by atoms with Gasteiger partial charge in [0, 0.05) is 0 Å². The van der Waals surface area contributed by atoms with Crippen LogP contribution in [-0.2, 0) is 4.74 Å². The molecule has 0 aromatic carbocycles. The highest BCUT2D eigenvalue weighted by molar-refractivity contribution is 5.83. The molecule has 0 saturated carbocycles. The van der Waals surface area contributed by atoms with Gasteiger partial charge in [-0.2, -0.15) is 4.39 Å². The molecule has 0 spiro atoms. The van der Waals surface area contributed by atoms with Gasteiger partial charge in [-0.1, -0.05) is 5.16 Å². The third-order valence-electron chi connectivity index (χ3n) is 1.41. The van der Waals surface area contributed by atoms with E-state index in [2.05, 4.69) is 15.0 Å². The van der Waals surface area contributed by atoms with E-state index in [4.69, 9.17) is 4.74 Å². The summed E-state index contributed by atoms with van der Waals surface area (Å²) in [5, 5.41) is 5.47. The normalized spacial score (nSPS) is 11.3. The SMILES string of the molecule is Cc1onc(NC(=O)OC(C)(C)C)c1F. The fraction of sp³-hybridized carbons (Fsp3) is 0.556. The van der Waals surface area contributed by atoms with Gasteiger partial charge in [-0.25, -0.2) is 4.79 Å². The molecule has 0 fully saturated rings. The molecule has 0 aliphatic rings. The molecule has 1 amide bonds. The summed E-state index contributed by atoms with van der Waals surface area (Å²) in [5.74, 6) is -0.941. The summed E-state index contributed by atoms with van der Waals surface area (Å²) >= 11 is 0. The first-order valence-electron chi connectivity index (χ1n) is 4.41. The van der Waals surface area contributed by atoms with E-state index in [0.29, 0.717) is 0 Å². The predicted octanol–water partition coefficient (Wildman–Crippen LogP) is 2.47. The van der Waals surface area contributed by atoms with Crippen molar-refractivity contribution in [2.45, 2.75) is 33.3 Å². The van der Waals surface area contributed by atoms with Crippen LogP contribution in [0.3, 0.4) is 0 Å². The van der Waals surface area contributed by atoms with E-state index >= 15 is 0 Å². The first-order valence-corrected chi connectivity index (χ1v) is 4.41. The summed E-state index contributed by atoms with van der Waals surface area (Å²) in [6.45, 7) is 6.52. The van der Waals surface area contributed by atoms with Crippen LogP contribution in [0.1, 0.15) is 26.5 Å². The third kappa shape index (κ3) is 3.23. The second-order valence-electron chi connectivity index (χ2n) is 4.03. The van der Waals surface area contributed by atoms with Crippen LogP contribution in [0.4, 0.5) is 15.0 Å². The summed E-state index contributed by atoms with van der Waals surface area (Å²) in [6, 6.07) is 0. The van der Waals surface area contributed by atoms with Crippen molar-refractivity contribution in [3.05, 3.63) is 11.6 Å². The molecule has 84 valence electrons. The number of rotatable bonds is 1. The molecule has 0 aliphatic carbocycles. The van der Waals surface area contributed by atoms with E-state index in [-0.39, 0.29) is 11.6 Å². The number of ether oxygens (including phenoxy) is 1. The minimum atomic E-state index is -0.769. The van der Waals surface area contributed by atoms with Crippen molar-refractivity contribution in [2.24, 2.45) is 0 Å². The summed E-state index contributed by atoms with van der Waals surface area (Å²) in [4.78, 5) is 11.2. The maximum atomic E-state index is 13.1. The minimum absolute atomic E-state index is 0.0149. The van der Waals surface area contributed by atoms with Crippen LogP contribution in [0.25, 0.3) is 0 Å². The van der Waals surface area contributed by atoms with Crippen LogP contribution >= 0.6 is 0 Å². The van der Waals surface area contributed by atoms with Gasteiger partial charge in [-0.15, -0.1) is 0 Å². The number of hydrogen-bond donors (Lipinski definition) is 1. The molecule has 0 radical (unpaired) electrons. The molecule has 0 saturated heterocycles. The number of hydrogen-bond acceptors (Lipinski definition) is 4. The molecule has 0 aliphatic heterocycles. The van der Waals surface area contributed by atoms with Gasteiger partial charge in [0.2, 0.25) is 11.6 Å². The standard InChI is InChI=1S/C9H13FN2O3/c1-5-6(10)7(12-15-5)11-8(13)14-9(2,3)4/h1-4H3,(H,11,12,13). The molecule has 1 heterocycles. The number of carbonyl (C=O) groups is 1. The van der Waals surface area contributed by atoms with Crippen LogP contribution < -0.4 is 5.32 Å². The Morgan fingerprint density at radius 1 is 1.53 bits per heavy atom. The molecular formula is C9H13FN2O3. The Bertz CT molecular complexity index is 368. The van der Waals surface area contributed by atoms with Gasteiger partial charge in [0.15, 0.2) is 5.76 Å². The average Bonchev–Trinajstić information content (AvgIpc) is 2.32. The number of nitrogens with zero attached hydrogens (tertiary/aromatic N) is 1. The van der Waals surface area contributed by atoms with Gasteiger partial charge < -0.3 is 9.26 Å². The van der Waals surface area contributed by atoms with Crippen LogP contribution in [-0.4, -0.2) is 16.9 Å². The fourth-order valence-corrected chi connectivity index (χ4v) is 0.839. The highest BCUT2D eigenvalue weighted by atomic mass is 19.1. The first-order chi connectivity index (χ1) is 6.79. The smallest absolute Gasteiger partial charge is 0.413 e. The number of aromatic nitrogens is 1. The van der Waals surface area contributed by atoms with Crippen LogP contribution in [0.5, 0.6) is 0 Å². The Morgan fingerprint density at radius 2 is 2.13 bits per heavy atom. The molecule has 5 nitrogen and oxygen atoms in total. The van der Waals surface area contributed by atoms with E-state index in [1.54, 1.807) is 20.8 Å². The third-order valence-corrected chi connectivity index (χ3v) is 1.41. The van der Waals surface area contributed by atoms with Crippen molar-refractivity contribution < 1.29 is 18.4 Å². The second-order valence-corrected chi connectivity index (χ2v) is 4.03. The van der Waals surface area contributed by atoms with E-state index < -0.39 is 17.5 Å². The lowest BCUT2D eigenvalue weighted by Crippen LogP contribution is -2.27. The minimum Gasteiger partial charge on any atom is -0.444 e. The number of carbonyl (C=O) groups excluding carboxylic acids is 1. The lowest BCUT2D eigenvalue weighted by atomic mass is 10.2. The zero-order valence-corrected chi connectivity index (χ0v) is 9.05. The van der Waals surface area contributed by atoms with Gasteiger partial charge in [0.05, 0.1) is 0 Å². The summed E-state index contributed by atoms with van der Waals surface area (Å²) in [5.41, 5.74) is -0.640. The largest absolute Gasteiger partial charge is 0.444 e. The Kier molecular flexibility index (Phi) is 2.97. The summed E-state index contributed by atoms with van der Waals surface area (Å²) < 4.78 is 22.6. The van der Waals surface area contributed by atoms with Crippen molar-refractivity contribution in [2.75, 3.05) is 5.32 Å². The molecule has 1 rings (SSSR count). The quantitative estimate of drug-likeness (QED) is 0.783. The zero-order valence-electron chi connectivity index (χ0n) is 9.05. The molecule has 0 unspecified atom stereocenters. The Balaban J connectivity index is 2.63. The number of nitrogens with one attached hydrogen (secondary N) is 1. The summed E-state index contributed by atoms with van der Waals surface area (Å²) in [7, 11) is 0. The highest BCUT2D eigenvalue weighted by Crippen LogP contribution is 2.16. The van der Waals surface area contributed by atoms with E-state index in [0.717, 1.165) is 0 Å². The first kappa shape index (κ1) is 11.5. The van der Waals surface area contributed by atoms with Gasteiger partial charge in [0.25, 0.3) is 0 Å². The van der Waals surface area contributed by atoms with E-state index in [1.165, 1.54) is 6.92 Å². The van der Waals surface area contributed by atoms with Crippen LogP contribution in [0, 0.1) is 12.7 Å². The van der Waals surface area contributed by atoms with E-state index in [9.17, 15) is 9.18 Å². The zero-order chi connectivity index (χ0) is 11.6. The van der Waals surface area contributed by atoms with Crippen molar-refractivity contribution in [1.82, 2.24) is 5.16 Å². The topological polar surface area (TPSA) is 64.4 Å². The molecule has 15 heavy (non-hydrogen) atoms. The van der Waals surface area contributed by atoms with Gasteiger partial charge in [0.1, 0.15) is 5.60 Å². The predicted molar refractivity (Wildman–Crippen MR) is 51.1 cm³/mol. The van der Waals surface area contributed by atoms with Gasteiger partial charge >= 0.3 is 6.09 Å². The molecule has 1 N–H and O–H groups in total.